The average molecular weight is 320 g/mol. The zero-order valence-electron chi connectivity index (χ0n) is 14.9. The van der Waals surface area contributed by atoms with E-state index in [1.54, 1.807) is 0 Å². The second-order valence-corrected chi connectivity index (χ2v) is 6.03. The Morgan fingerprint density at radius 2 is 1.00 bits per heavy atom. The highest BCUT2D eigenvalue weighted by molar-refractivity contribution is 6.03. The van der Waals surface area contributed by atoms with Crippen LogP contribution in [0, 0.1) is 0 Å². The molecule has 0 atom stereocenters. The highest BCUT2D eigenvalue weighted by Gasteiger charge is 2.05. The molecule has 2 aromatic carbocycles. The molecule has 0 heterocycles. The Morgan fingerprint density at radius 3 is 1.33 bits per heavy atom. The van der Waals surface area contributed by atoms with Crippen LogP contribution in [0.4, 0.5) is 0 Å². The number of hydrogen-bond donors (Lipinski definition) is 0. The van der Waals surface area contributed by atoms with E-state index in [2.05, 4.69) is 72.6 Å². The smallest absolute Gasteiger partial charge is 0.0702 e. The third kappa shape index (κ3) is 5.77. The molecular weight excluding hydrogens is 292 g/mol. The summed E-state index contributed by atoms with van der Waals surface area (Å²) in [6.07, 6.45) is 6.55. The van der Waals surface area contributed by atoms with E-state index >= 15 is 0 Å². The van der Waals surface area contributed by atoms with Crippen molar-refractivity contribution in [2.45, 2.75) is 52.4 Å². The van der Waals surface area contributed by atoms with Crippen LogP contribution in [0.1, 0.15) is 63.5 Å². The standard InChI is InChI=1S/C22H28N2/c1-3-5-17-21(19-13-9-7-10-14-19)23-24-22(18-6-4-2)20-15-11-8-12-16-20/h7-16H,3-6,17-18H2,1-2H3/b23-21-,24-22+. The second kappa shape index (κ2) is 10.5. The normalized spacial score (nSPS) is 12.4. The quantitative estimate of drug-likeness (QED) is 0.385. The fourth-order valence-corrected chi connectivity index (χ4v) is 2.57. The molecule has 0 saturated heterocycles. The molecule has 0 aliphatic carbocycles. The summed E-state index contributed by atoms with van der Waals surface area (Å²) in [6, 6.07) is 20.8. The monoisotopic (exact) mass is 320 g/mol. The van der Waals surface area contributed by atoms with Crippen LogP contribution in [-0.4, -0.2) is 11.4 Å². The van der Waals surface area contributed by atoms with E-state index in [9.17, 15) is 0 Å². The van der Waals surface area contributed by atoms with Gasteiger partial charge in [-0.15, -0.1) is 0 Å². The molecule has 0 unspecified atom stereocenters. The molecule has 0 aliphatic heterocycles. The molecule has 126 valence electrons. The van der Waals surface area contributed by atoms with Crippen LogP contribution in [0.3, 0.4) is 0 Å². The van der Waals surface area contributed by atoms with Crippen LogP contribution in [-0.2, 0) is 0 Å². The number of rotatable bonds is 9. The molecular formula is C22H28N2. The first kappa shape index (κ1) is 18.1. The third-order valence-corrected chi connectivity index (χ3v) is 4.04. The lowest BCUT2D eigenvalue weighted by molar-refractivity contribution is 0.826. The molecule has 0 N–H and O–H groups in total. The Hall–Kier alpha value is -2.22. The van der Waals surface area contributed by atoms with Crippen LogP contribution < -0.4 is 0 Å². The van der Waals surface area contributed by atoms with Crippen molar-refractivity contribution >= 4 is 11.4 Å². The first-order valence-electron chi connectivity index (χ1n) is 9.09. The summed E-state index contributed by atoms with van der Waals surface area (Å²) in [4.78, 5) is 0. The fourth-order valence-electron chi connectivity index (χ4n) is 2.57. The summed E-state index contributed by atoms with van der Waals surface area (Å²) in [5, 5.41) is 9.33. The van der Waals surface area contributed by atoms with Crippen LogP contribution in [0.15, 0.2) is 70.9 Å². The highest BCUT2D eigenvalue weighted by Crippen LogP contribution is 2.12. The number of benzene rings is 2. The van der Waals surface area contributed by atoms with Crippen molar-refractivity contribution in [2.24, 2.45) is 10.2 Å². The lowest BCUT2D eigenvalue weighted by atomic mass is 10.0. The van der Waals surface area contributed by atoms with Gasteiger partial charge in [-0.2, -0.15) is 10.2 Å². The summed E-state index contributed by atoms with van der Waals surface area (Å²) in [5.41, 5.74) is 4.53. The van der Waals surface area contributed by atoms with Gasteiger partial charge in [0.15, 0.2) is 0 Å². The number of hydrogen-bond acceptors (Lipinski definition) is 2. The van der Waals surface area contributed by atoms with E-state index < -0.39 is 0 Å². The topological polar surface area (TPSA) is 24.7 Å². The minimum Gasteiger partial charge on any atom is -0.155 e. The fraction of sp³-hybridized carbons (Fsp3) is 0.364. The lowest BCUT2D eigenvalue weighted by Gasteiger charge is -2.07. The molecule has 0 fully saturated rings. The summed E-state index contributed by atoms with van der Waals surface area (Å²) in [6.45, 7) is 4.42. The number of unbranched alkanes of at least 4 members (excludes halogenated alkanes) is 2. The number of nitrogens with zero attached hydrogens (tertiary/aromatic N) is 2. The molecule has 2 rings (SSSR count). The van der Waals surface area contributed by atoms with Crippen molar-refractivity contribution in [2.75, 3.05) is 0 Å². The zero-order valence-corrected chi connectivity index (χ0v) is 14.9. The van der Waals surface area contributed by atoms with E-state index in [0.29, 0.717) is 0 Å². The first-order chi connectivity index (χ1) is 11.8. The summed E-state index contributed by atoms with van der Waals surface area (Å²) < 4.78 is 0. The molecule has 0 amide bonds. The molecule has 2 nitrogen and oxygen atoms in total. The van der Waals surface area contributed by atoms with Gasteiger partial charge in [0.05, 0.1) is 11.4 Å². The van der Waals surface area contributed by atoms with Crippen LogP contribution in [0.25, 0.3) is 0 Å². The Bertz CT molecular complexity index is 583. The van der Waals surface area contributed by atoms with E-state index in [1.165, 1.54) is 11.1 Å². The van der Waals surface area contributed by atoms with Crippen molar-refractivity contribution < 1.29 is 0 Å². The van der Waals surface area contributed by atoms with Gasteiger partial charge >= 0.3 is 0 Å². The van der Waals surface area contributed by atoms with Crippen LogP contribution >= 0.6 is 0 Å². The van der Waals surface area contributed by atoms with Gasteiger partial charge in [-0.05, 0) is 36.8 Å². The maximum absolute atomic E-state index is 4.67. The largest absolute Gasteiger partial charge is 0.155 e. The predicted molar refractivity (Wildman–Crippen MR) is 105 cm³/mol. The Balaban J connectivity index is 2.31. The van der Waals surface area contributed by atoms with Gasteiger partial charge < -0.3 is 0 Å². The molecule has 0 spiro atoms. The van der Waals surface area contributed by atoms with Crippen molar-refractivity contribution in [1.82, 2.24) is 0 Å². The second-order valence-electron chi connectivity index (χ2n) is 6.03. The molecule has 0 radical (unpaired) electrons. The third-order valence-electron chi connectivity index (χ3n) is 4.04. The van der Waals surface area contributed by atoms with Gasteiger partial charge in [-0.25, -0.2) is 0 Å². The van der Waals surface area contributed by atoms with Gasteiger partial charge in [0.1, 0.15) is 0 Å². The SMILES string of the molecule is CCCC/C(=N/N=C(\CCCC)c1ccccc1)c1ccccc1. The van der Waals surface area contributed by atoms with Gasteiger partial charge in [0.2, 0.25) is 0 Å². The Labute approximate surface area is 146 Å². The maximum Gasteiger partial charge on any atom is 0.0702 e. The summed E-state index contributed by atoms with van der Waals surface area (Å²) in [7, 11) is 0. The molecule has 0 aliphatic rings. The Kier molecular flexibility index (Phi) is 7.96. The van der Waals surface area contributed by atoms with Crippen LogP contribution in [0.2, 0.25) is 0 Å². The van der Waals surface area contributed by atoms with Gasteiger partial charge in [-0.3, -0.25) is 0 Å². The van der Waals surface area contributed by atoms with Crippen molar-refractivity contribution in [3.05, 3.63) is 71.8 Å². The van der Waals surface area contributed by atoms with E-state index in [-0.39, 0.29) is 0 Å². The Morgan fingerprint density at radius 1 is 0.625 bits per heavy atom. The molecule has 24 heavy (non-hydrogen) atoms. The van der Waals surface area contributed by atoms with Crippen molar-refractivity contribution in [3.63, 3.8) is 0 Å². The van der Waals surface area contributed by atoms with Gasteiger partial charge in [-0.1, -0.05) is 87.4 Å². The van der Waals surface area contributed by atoms with Crippen molar-refractivity contribution in [3.8, 4) is 0 Å². The van der Waals surface area contributed by atoms with E-state index in [4.69, 9.17) is 0 Å². The summed E-state index contributed by atoms with van der Waals surface area (Å²) >= 11 is 0. The van der Waals surface area contributed by atoms with Gasteiger partial charge in [0, 0.05) is 0 Å². The van der Waals surface area contributed by atoms with Crippen LogP contribution in [0.5, 0.6) is 0 Å². The zero-order chi connectivity index (χ0) is 17.0. The molecule has 0 aromatic heterocycles. The molecule has 0 bridgehead atoms. The minimum absolute atomic E-state index is 0.972. The maximum atomic E-state index is 4.67. The molecule has 2 heteroatoms. The average Bonchev–Trinajstić information content (AvgIpc) is 2.65. The minimum atomic E-state index is 0.972. The van der Waals surface area contributed by atoms with Gasteiger partial charge in [0.25, 0.3) is 0 Å². The first-order valence-corrected chi connectivity index (χ1v) is 9.09. The highest BCUT2D eigenvalue weighted by atomic mass is 15.2. The lowest BCUT2D eigenvalue weighted by Crippen LogP contribution is -2.03. The van der Waals surface area contributed by atoms with Crippen molar-refractivity contribution in [1.29, 1.82) is 0 Å². The van der Waals surface area contributed by atoms with E-state index in [0.717, 1.165) is 49.9 Å². The molecule has 2 aromatic rings. The summed E-state index contributed by atoms with van der Waals surface area (Å²) in [5.74, 6) is 0. The predicted octanol–water partition coefficient (Wildman–Crippen LogP) is 6.26. The van der Waals surface area contributed by atoms with E-state index in [1.807, 2.05) is 12.1 Å². The molecule has 0 saturated carbocycles.